The summed E-state index contributed by atoms with van der Waals surface area (Å²) in [6, 6.07) is 6.95. The van der Waals surface area contributed by atoms with Gasteiger partial charge < -0.3 is 14.6 Å². The lowest BCUT2D eigenvalue weighted by Crippen LogP contribution is -2.05. The van der Waals surface area contributed by atoms with Gasteiger partial charge in [0.2, 0.25) is 11.7 Å². The molecule has 0 radical (unpaired) electrons. The maximum atomic E-state index is 11.6. The van der Waals surface area contributed by atoms with Gasteiger partial charge in [0.15, 0.2) is 5.78 Å². The van der Waals surface area contributed by atoms with Gasteiger partial charge in [-0.2, -0.15) is 5.21 Å². The average molecular weight is 411 g/mol. The number of nitrogens with one attached hydrogen (secondary N) is 1. The highest BCUT2D eigenvalue weighted by Gasteiger charge is 2.15. The summed E-state index contributed by atoms with van der Waals surface area (Å²) < 4.78 is 11.5. The zero-order valence-electron chi connectivity index (χ0n) is 17.1. The zero-order valence-corrected chi connectivity index (χ0v) is 17.1. The topological polar surface area (TPSA) is 123 Å². The fourth-order valence-corrected chi connectivity index (χ4v) is 2.97. The molecule has 0 fully saturated rings. The molecule has 0 amide bonds. The van der Waals surface area contributed by atoms with Crippen molar-refractivity contribution in [2.45, 2.75) is 39.5 Å². The van der Waals surface area contributed by atoms with Gasteiger partial charge in [0, 0.05) is 23.4 Å². The highest BCUT2D eigenvalue weighted by Crippen LogP contribution is 2.33. The molecule has 158 valence electrons. The molecule has 1 aromatic carbocycles. The summed E-state index contributed by atoms with van der Waals surface area (Å²) in [6.45, 7) is 4.46. The molecule has 3 rings (SSSR count). The molecule has 9 nitrogen and oxygen atoms in total. The Kier molecular flexibility index (Phi) is 7.31. The van der Waals surface area contributed by atoms with Gasteiger partial charge in [-0.05, 0) is 49.6 Å². The molecule has 0 aliphatic carbocycles. The van der Waals surface area contributed by atoms with Crippen LogP contribution in [0.25, 0.3) is 11.4 Å². The van der Waals surface area contributed by atoms with E-state index in [1.165, 1.54) is 6.92 Å². The van der Waals surface area contributed by atoms with E-state index in [4.69, 9.17) is 9.47 Å². The van der Waals surface area contributed by atoms with E-state index >= 15 is 0 Å². The number of ether oxygens (including phenoxy) is 2. The number of phenols is 1. The molecule has 9 heteroatoms. The number of H-pyrrole nitrogens is 1. The molecule has 2 aromatic heterocycles. The first-order valence-corrected chi connectivity index (χ1v) is 9.91. The van der Waals surface area contributed by atoms with E-state index in [0.717, 1.165) is 24.8 Å². The second kappa shape index (κ2) is 10.3. The van der Waals surface area contributed by atoms with Crippen LogP contribution in [0.15, 0.2) is 30.5 Å². The predicted molar refractivity (Wildman–Crippen MR) is 110 cm³/mol. The molecule has 2 N–H and O–H groups in total. The van der Waals surface area contributed by atoms with Gasteiger partial charge in [0.05, 0.1) is 18.8 Å². The molecule has 0 saturated carbocycles. The summed E-state index contributed by atoms with van der Waals surface area (Å²) in [5, 5.41) is 24.1. The van der Waals surface area contributed by atoms with Crippen molar-refractivity contribution in [3.05, 3.63) is 41.6 Å². The molecule has 0 unspecified atom stereocenters. The number of tetrazole rings is 1. The first-order valence-electron chi connectivity index (χ1n) is 9.91. The van der Waals surface area contributed by atoms with Gasteiger partial charge in [-0.1, -0.05) is 13.3 Å². The van der Waals surface area contributed by atoms with Crippen molar-refractivity contribution in [1.29, 1.82) is 0 Å². The van der Waals surface area contributed by atoms with Gasteiger partial charge >= 0.3 is 0 Å². The Balaban J connectivity index is 1.44. The molecule has 2 heterocycles. The number of carbonyl (C=O) groups is 1. The van der Waals surface area contributed by atoms with Gasteiger partial charge in [-0.25, -0.2) is 4.98 Å². The highest BCUT2D eigenvalue weighted by molar-refractivity contribution is 5.97. The first-order chi connectivity index (χ1) is 14.6. The summed E-state index contributed by atoms with van der Waals surface area (Å²) in [6.07, 6.45) is 4.70. The number of ketones is 1. The van der Waals surface area contributed by atoms with E-state index in [-0.39, 0.29) is 11.5 Å². The number of benzene rings is 1. The number of phenolic OH excluding ortho intramolecular Hbond substituents is 1. The first kappa shape index (κ1) is 21.2. The van der Waals surface area contributed by atoms with Crippen molar-refractivity contribution >= 4 is 5.78 Å². The molecule has 3 aromatic rings. The van der Waals surface area contributed by atoms with Crippen LogP contribution in [0, 0.1) is 0 Å². The molecule has 0 spiro atoms. The zero-order chi connectivity index (χ0) is 21.3. The van der Waals surface area contributed by atoms with Crippen LogP contribution in [0.4, 0.5) is 0 Å². The lowest BCUT2D eigenvalue weighted by molar-refractivity contribution is 0.101. The Labute approximate surface area is 174 Å². The predicted octanol–water partition coefficient (Wildman–Crippen LogP) is 3.36. The largest absolute Gasteiger partial charge is 0.507 e. The van der Waals surface area contributed by atoms with Crippen molar-refractivity contribution in [1.82, 2.24) is 25.6 Å². The third kappa shape index (κ3) is 5.31. The Morgan fingerprint density at radius 2 is 1.93 bits per heavy atom. The summed E-state index contributed by atoms with van der Waals surface area (Å²) in [5.74, 6) is 1.50. The van der Waals surface area contributed by atoms with Gasteiger partial charge in [0.1, 0.15) is 11.5 Å². The van der Waals surface area contributed by atoms with Crippen LogP contribution < -0.4 is 9.47 Å². The standard InChI is InChI=1S/C21H25N5O4/c1-3-6-17-18(9-8-16(14(2)27)20(17)28)29-11-4-5-12-30-19-10-7-15(13-22-19)21-23-25-26-24-21/h7-10,13,28H,3-6,11-12H2,1-2H3,(H,23,24,25,26). The van der Waals surface area contributed by atoms with Crippen LogP contribution in [0.3, 0.4) is 0 Å². The quantitative estimate of drug-likeness (QED) is 0.364. The third-order valence-corrected chi connectivity index (χ3v) is 4.51. The van der Waals surface area contributed by atoms with Crippen molar-refractivity contribution in [2.24, 2.45) is 0 Å². The van der Waals surface area contributed by atoms with Crippen molar-refractivity contribution in [3.8, 4) is 28.8 Å². The highest BCUT2D eigenvalue weighted by atomic mass is 16.5. The molecular weight excluding hydrogens is 386 g/mol. The third-order valence-electron chi connectivity index (χ3n) is 4.51. The summed E-state index contributed by atoms with van der Waals surface area (Å²) >= 11 is 0. The lowest BCUT2D eigenvalue weighted by atomic mass is 10.0. The molecule has 0 aliphatic heterocycles. The molecule has 0 bridgehead atoms. The molecule has 0 aliphatic rings. The van der Waals surface area contributed by atoms with Crippen LogP contribution in [0.1, 0.15) is 49.0 Å². The van der Waals surface area contributed by atoms with Gasteiger partial charge in [-0.15, -0.1) is 10.2 Å². The number of unbranched alkanes of at least 4 members (excludes halogenated alkanes) is 1. The number of aromatic nitrogens is 5. The van der Waals surface area contributed by atoms with E-state index in [1.807, 2.05) is 13.0 Å². The van der Waals surface area contributed by atoms with E-state index < -0.39 is 0 Å². The van der Waals surface area contributed by atoms with E-state index in [2.05, 4.69) is 25.6 Å². The van der Waals surface area contributed by atoms with Crippen LogP contribution in [0.5, 0.6) is 17.4 Å². The SMILES string of the molecule is CCCc1c(OCCCCOc2ccc(-c3nn[nH]n3)cn2)ccc(C(C)=O)c1O. The molecular formula is C21H25N5O4. The molecule has 30 heavy (non-hydrogen) atoms. The number of pyridine rings is 1. The van der Waals surface area contributed by atoms with Gasteiger partial charge in [-0.3, -0.25) is 4.79 Å². The van der Waals surface area contributed by atoms with E-state index in [0.29, 0.717) is 48.2 Å². The van der Waals surface area contributed by atoms with Crippen LogP contribution >= 0.6 is 0 Å². The number of aromatic hydroxyl groups is 1. The Morgan fingerprint density at radius 3 is 2.57 bits per heavy atom. The lowest BCUT2D eigenvalue weighted by Gasteiger charge is -2.14. The minimum atomic E-state index is -0.160. The minimum absolute atomic E-state index is 0.0283. The maximum absolute atomic E-state index is 11.6. The monoisotopic (exact) mass is 411 g/mol. The van der Waals surface area contributed by atoms with Crippen LogP contribution in [-0.2, 0) is 6.42 Å². The van der Waals surface area contributed by atoms with Crippen LogP contribution in [0.2, 0.25) is 0 Å². The number of Topliss-reactive ketones (excluding diaryl/α,β-unsaturated/α-hetero) is 1. The number of hydrogen-bond acceptors (Lipinski definition) is 8. The Bertz CT molecular complexity index is 958. The fourth-order valence-electron chi connectivity index (χ4n) is 2.97. The Morgan fingerprint density at radius 1 is 1.13 bits per heavy atom. The van der Waals surface area contributed by atoms with Gasteiger partial charge in [0.25, 0.3) is 0 Å². The second-order valence-corrected chi connectivity index (χ2v) is 6.77. The smallest absolute Gasteiger partial charge is 0.213 e. The summed E-state index contributed by atoms with van der Waals surface area (Å²) in [4.78, 5) is 15.9. The number of hydrogen-bond donors (Lipinski definition) is 2. The van der Waals surface area contributed by atoms with Crippen molar-refractivity contribution in [3.63, 3.8) is 0 Å². The molecule has 0 saturated heterocycles. The average Bonchev–Trinajstić information content (AvgIpc) is 3.28. The Hall–Kier alpha value is -3.49. The van der Waals surface area contributed by atoms with Crippen molar-refractivity contribution < 1.29 is 19.4 Å². The molecule has 0 atom stereocenters. The number of carbonyl (C=O) groups excluding carboxylic acids is 1. The van der Waals surface area contributed by atoms with Crippen molar-refractivity contribution in [2.75, 3.05) is 13.2 Å². The summed E-state index contributed by atoms with van der Waals surface area (Å²) in [5.41, 5.74) is 1.77. The van der Waals surface area contributed by atoms with E-state index in [1.54, 1.807) is 24.4 Å². The number of rotatable bonds is 11. The maximum Gasteiger partial charge on any atom is 0.213 e. The summed E-state index contributed by atoms with van der Waals surface area (Å²) in [7, 11) is 0. The fraction of sp³-hybridized carbons (Fsp3) is 0.381. The second-order valence-electron chi connectivity index (χ2n) is 6.77. The normalized spacial score (nSPS) is 10.7. The number of nitrogens with zero attached hydrogens (tertiary/aromatic N) is 4. The number of aromatic amines is 1. The van der Waals surface area contributed by atoms with Crippen LogP contribution in [-0.4, -0.2) is 49.7 Å². The van der Waals surface area contributed by atoms with E-state index in [9.17, 15) is 9.90 Å². The minimum Gasteiger partial charge on any atom is -0.507 e.